The van der Waals surface area contributed by atoms with Gasteiger partial charge >= 0.3 is 0 Å². The molecule has 0 N–H and O–H groups in total. The molecule has 0 saturated carbocycles. The molecule has 0 saturated heterocycles. The highest BCUT2D eigenvalue weighted by Crippen LogP contribution is 2.57. The summed E-state index contributed by atoms with van der Waals surface area (Å²) in [6.45, 7) is 6.76. The smallest absolute Gasteiger partial charge is 0.0793 e. The van der Waals surface area contributed by atoms with Gasteiger partial charge in [-0.3, -0.25) is 0 Å². The molecule has 5 heteroatoms. The maximum absolute atomic E-state index is 5.13. The molecule has 0 aliphatic carbocycles. The third-order valence-corrected chi connectivity index (χ3v) is 11.2. The second-order valence-corrected chi connectivity index (χ2v) is 13.4. The normalized spacial score (nSPS) is 15.6. The van der Waals surface area contributed by atoms with Crippen molar-refractivity contribution >= 4 is 67.9 Å². The van der Waals surface area contributed by atoms with Gasteiger partial charge in [0, 0.05) is 19.6 Å². The maximum atomic E-state index is 5.13. The van der Waals surface area contributed by atoms with Crippen LogP contribution in [-0.2, 0) is 0 Å². The van der Waals surface area contributed by atoms with Crippen LogP contribution in [0.1, 0.15) is 54.5 Å². The molecule has 1 heterocycles. The molecular formula is C33H31NS4. The van der Waals surface area contributed by atoms with Gasteiger partial charge in [-0.2, -0.15) is 3.71 Å². The molecule has 1 aliphatic heterocycles. The summed E-state index contributed by atoms with van der Waals surface area (Å²) in [6, 6.07) is 40.9. The van der Waals surface area contributed by atoms with E-state index in [2.05, 4.69) is 140 Å². The average molecular weight is 570 g/mol. The second-order valence-electron chi connectivity index (χ2n) is 9.40. The molecular weight excluding hydrogens is 539 g/mol. The predicted molar refractivity (Wildman–Crippen MR) is 177 cm³/mol. The van der Waals surface area contributed by atoms with E-state index >= 15 is 0 Å². The standard InChI is InChI=1S/C33H31NS4/c1-23(2)28-20-13-21-29(22-28)30(35)31(25-14-7-4-8-15-25)36-24(3)34-37-32(26-16-9-5-10-17-26)33(38-34)27-18-11-6-12-19-27/h4-24,35H,1-3H3/b31-30-/t24-/m0/s1. The number of hydrogen-bond acceptors (Lipinski definition) is 5. The third kappa shape index (κ3) is 6.30. The van der Waals surface area contributed by atoms with Crippen LogP contribution < -0.4 is 0 Å². The van der Waals surface area contributed by atoms with Crippen LogP contribution in [0.5, 0.6) is 0 Å². The molecule has 0 fully saturated rings. The lowest BCUT2D eigenvalue weighted by atomic mass is 10.0. The van der Waals surface area contributed by atoms with Crippen LogP contribution in [0.2, 0.25) is 0 Å². The van der Waals surface area contributed by atoms with E-state index < -0.39 is 0 Å². The first kappa shape index (κ1) is 27.3. The Labute approximate surface area is 245 Å². The topological polar surface area (TPSA) is 3.24 Å². The van der Waals surface area contributed by atoms with E-state index in [1.54, 1.807) is 0 Å². The zero-order valence-corrected chi connectivity index (χ0v) is 25.1. The molecule has 0 bridgehead atoms. The highest BCUT2D eigenvalue weighted by molar-refractivity contribution is 8.26. The van der Waals surface area contributed by atoms with Gasteiger partial charge in [-0.05, 0) is 64.6 Å². The number of benzene rings is 4. The molecule has 1 nitrogen and oxygen atoms in total. The summed E-state index contributed by atoms with van der Waals surface area (Å²) in [4.78, 5) is 4.81. The fourth-order valence-electron chi connectivity index (χ4n) is 4.22. The average Bonchev–Trinajstić information content (AvgIpc) is 3.43. The molecule has 1 aliphatic rings. The van der Waals surface area contributed by atoms with Crippen molar-refractivity contribution < 1.29 is 0 Å². The van der Waals surface area contributed by atoms with Gasteiger partial charge in [0.2, 0.25) is 0 Å². The number of thioether (sulfide) groups is 1. The van der Waals surface area contributed by atoms with Gasteiger partial charge in [0.1, 0.15) is 0 Å². The van der Waals surface area contributed by atoms with Crippen LogP contribution in [0.3, 0.4) is 0 Å². The maximum Gasteiger partial charge on any atom is 0.0793 e. The summed E-state index contributed by atoms with van der Waals surface area (Å²) in [6.07, 6.45) is 0. The minimum Gasteiger partial charge on any atom is -0.172 e. The van der Waals surface area contributed by atoms with E-state index in [0.29, 0.717) is 5.92 Å². The molecule has 0 radical (unpaired) electrons. The molecule has 4 aromatic rings. The van der Waals surface area contributed by atoms with Crippen LogP contribution >= 0.6 is 48.3 Å². The Balaban J connectivity index is 1.48. The second kappa shape index (κ2) is 12.7. The first-order valence-corrected chi connectivity index (χ1v) is 15.6. The van der Waals surface area contributed by atoms with Gasteiger partial charge < -0.3 is 0 Å². The van der Waals surface area contributed by atoms with Crippen molar-refractivity contribution in [2.75, 3.05) is 0 Å². The zero-order valence-electron chi connectivity index (χ0n) is 21.7. The summed E-state index contributed by atoms with van der Waals surface area (Å²) in [5, 5.41) is 0.190. The minimum atomic E-state index is 0.190. The molecule has 192 valence electrons. The Morgan fingerprint density at radius 2 is 1.16 bits per heavy atom. The molecule has 5 rings (SSSR count). The highest BCUT2D eigenvalue weighted by Gasteiger charge is 2.31. The number of hydrogen-bond donors (Lipinski definition) is 1. The lowest BCUT2D eigenvalue weighted by molar-refractivity contribution is 0.745. The summed E-state index contributed by atoms with van der Waals surface area (Å²) in [5.74, 6) is 0.471. The zero-order chi connectivity index (χ0) is 26.5. The minimum absolute atomic E-state index is 0.190. The third-order valence-electron chi connectivity index (χ3n) is 6.30. The van der Waals surface area contributed by atoms with Gasteiger partial charge in [0.05, 0.1) is 5.37 Å². The fraction of sp³-hybridized carbons (Fsp3) is 0.152. The van der Waals surface area contributed by atoms with Crippen LogP contribution in [0.25, 0.3) is 19.6 Å². The number of nitrogens with zero attached hydrogens (tertiary/aromatic N) is 1. The van der Waals surface area contributed by atoms with Gasteiger partial charge in [0.15, 0.2) is 0 Å². The van der Waals surface area contributed by atoms with E-state index in [9.17, 15) is 0 Å². The molecule has 0 spiro atoms. The summed E-state index contributed by atoms with van der Waals surface area (Å²) in [7, 11) is 0. The number of thiol groups is 1. The van der Waals surface area contributed by atoms with Crippen molar-refractivity contribution in [1.82, 2.24) is 3.71 Å². The number of rotatable bonds is 8. The molecule has 38 heavy (non-hydrogen) atoms. The van der Waals surface area contributed by atoms with Crippen LogP contribution in [0.4, 0.5) is 0 Å². The van der Waals surface area contributed by atoms with Crippen molar-refractivity contribution in [3.8, 4) is 0 Å². The molecule has 0 aromatic heterocycles. The van der Waals surface area contributed by atoms with Crippen LogP contribution in [-0.4, -0.2) is 9.08 Å². The molecule has 1 atom stereocenters. The van der Waals surface area contributed by atoms with Crippen LogP contribution in [0.15, 0.2) is 115 Å². The Morgan fingerprint density at radius 1 is 0.658 bits per heavy atom. The van der Waals surface area contributed by atoms with Gasteiger partial charge in [-0.15, -0.1) is 24.4 Å². The first-order valence-electron chi connectivity index (χ1n) is 12.8. The lowest BCUT2D eigenvalue weighted by Gasteiger charge is -2.24. The summed E-state index contributed by atoms with van der Waals surface area (Å²) >= 11 is 10.7. The van der Waals surface area contributed by atoms with Crippen molar-refractivity contribution in [1.29, 1.82) is 0 Å². The lowest BCUT2D eigenvalue weighted by Crippen LogP contribution is -2.14. The SMILES string of the molecule is CC(C)c1cccc(/C(S)=C(/S[C@@H](C)N2SC(c3ccccc3)=C(c3ccccc3)S2)c2ccccc2)c1. The highest BCUT2D eigenvalue weighted by atomic mass is 32.2. The van der Waals surface area contributed by atoms with Gasteiger partial charge in [0.25, 0.3) is 0 Å². The Kier molecular flexibility index (Phi) is 9.13. The Morgan fingerprint density at radius 3 is 1.68 bits per heavy atom. The molecule has 4 aromatic carbocycles. The monoisotopic (exact) mass is 569 g/mol. The van der Waals surface area contributed by atoms with E-state index in [0.717, 1.165) is 10.5 Å². The van der Waals surface area contributed by atoms with Crippen molar-refractivity contribution in [2.24, 2.45) is 0 Å². The van der Waals surface area contributed by atoms with Gasteiger partial charge in [-0.25, -0.2) is 0 Å². The molecule has 0 unspecified atom stereocenters. The van der Waals surface area contributed by atoms with Crippen molar-refractivity contribution in [3.05, 3.63) is 143 Å². The van der Waals surface area contributed by atoms with Crippen molar-refractivity contribution in [3.63, 3.8) is 0 Å². The largest absolute Gasteiger partial charge is 0.172 e. The van der Waals surface area contributed by atoms with E-state index in [1.165, 1.54) is 37.0 Å². The Hall–Kier alpha value is -2.28. The van der Waals surface area contributed by atoms with E-state index in [4.69, 9.17) is 12.6 Å². The molecule has 0 amide bonds. The van der Waals surface area contributed by atoms with Gasteiger partial charge in [-0.1, -0.05) is 129 Å². The van der Waals surface area contributed by atoms with Crippen molar-refractivity contribution in [2.45, 2.75) is 32.1 Å². The summed E-state index contributed by atoms with van der Waals surface area (Å²) in [5.41, 5.74) is 6.19. The predicted octanol–water partition coefficient (Wildman–Crippen LogP) is 10.8. The van der Waals surface area contributed by atoms with E-state index in [-0.39, 0.29) is 5.37 Å². The quantitative estimate of drug-likeness (QED) is 0.128. The van der Waals surface area contributed by atoms with E-state index in [1.807, 2.05) is 35.7 Å². The first-order chi connectivity index (χ1) is 18.5. The van der Waals surface area contributed by atoms with Crippen LogP contribution in [0, 0.1) is 0 Å². The fourth-order valence-corrected chi connectivity index (χ4v) is 8.45. The Bertz CT molecular complexity index is 1380. The summed E-state index contributed by atoms with van der Waals surface area (Å²) < 4.78 is 2.42.